The molecule has 0 radical (unpaired) electrons. The molecule has 18 heavy (non-hydrogen) atoms. The van der Waals surface area contributed by atoms with Crippen molar-refractivity contribution in [1.29, 1.82) is 0 Å². The number of nitrogens with zero attached hydrogens (tertiary/aromatic N) is 1. The molecule has 2 aliphatic rings. The van der Waals surface area contributed by atoms with Gasteiger partial charge in [0.25, 0.3) is 0 Å². The highest BCUT2D eigenvalue weighted by Gasteiger charge is 2.40. The number of rotatable bonds is 5. The molecule has 2 N–H and O–H groups in total. The summed E-state index contributed by atoms with van der Waals surface area (Å²) in [6.45, 7) is 7.44. The lowest BCUT2D eigenvalue weighted by atomic mass is 9.98. The van der Waals surface area contributed by atoms with E-state index in [4.69, 9.17) is 4.74 Å². The molecule has 0 aromatic heterocycles. The van der Waals surface area contributed by atoms with Crippen LogP contribution in [0.4, 0.5) is 0 Å². The molecule has 2 rings (SSSR count). The van der Waals surface area contributed by atoms with Crippen molar-refractivity contribution >= 4 is 0 Å². The SMILES string of the molecule is CCCNC1(CO)CCC(N2CCCOCC2)C1. The van der Waals surface area contributed by atoms with Gasteiger partial charge in [0.1, 0.15) is 0 Å². The average Bonchev–Trinajstić information content (AvgIpc) is 2.64. The van der Waals surface area contributed by atoms with Crippen LogP contribution < -0.4 is 5.32 Å². The van der Waals surface area contributed by atoms with Crippen LogP contribution in [0, 0.1) is 0 Å². The summed E-state index contributed by atoms with van der Waals surface area (Å²) in [6, 6.07) is 0.628. The van der Waals surface area contributed by atoms with Crippen LogP contribution in [0.15, 0.2) is 0 Å². The quantitative estimate of drug-likeness (QED) is 0.770. The number of hydrogen-bond acceptors (Lipinski definition) is 4. The van der Waals surface area contributed by atoms with E-state index < -0.39 is 0 Å². The van der Waals surface area contributed by atoms with E-state index in [1.54, 1.807) is 0 Å². The van der Waals surface area contributed by atoms with E-state index >= 15 is 0 Å². The Labute approximate surface area is 111 Å². The van der Waals surface area contributed by atoms with E-state index in [1.807, 2.05) is 0 Å². The number of ether oxygens (including phenoxy) is 1. The van der Waals surface area contributed by atoms with Crippen LogP contribution in [0.1, 0.15) is 39.0 Å². The third-order valence-corrected chi connectivity index (χ3v) is 4.41. The maximum atomic E-state index is 9.71. The highest BCUT2D eigenvalue weighted by Crippen LogP contribution is 2.33. The van der Waals surface area contributed by atoms with Crippen LogP contribution in [0.5, 0.6) is 0 Å². The number of nitrogens with one attached hydrogen (secondary N) is 1. The lowest BCUT2D eigenvalue weighted by molar-refractivity contribution is 0.123. The fourth-order valence-electron chi connectivity index (χ4n) is 3.29. The highest BCUT2D eigenvalue weighted by molar-refractivity contribution is 4.99. The lowest BCUT2D eigenvalue weighted by Crippen LogP contribution is -2.48. The fraction of sp³-hybridized carbons (Fsp3) is 1.00. The average molecular weight is 256 g/mol. The summed E-state index contributed by atoms with van der Waals surface area (Å²) in [6.07, 6.45) is 5.67. The molecule has 1 saturated heterocycles. The molecule has 0 spiro atoms. The molecule has 2 atom stereocenters. The summed E-state index contributed by atoms with van der Waals surface area (Å²) in [5.74, 6) is 0. The number of aliphatic hydroxyl groups excluding tert-OH is 1. The Bertz CT molecular complexity index is 242. The van der Waals surface area contributed by atoms with Gasteiger partial charge >= 0.3 is 0 Å². The predicted molar refractivity (Wildman–Crippen MR) is 72.8 cm³/mol. The van der Waals surface area contributed by atoms with Gasteiger partial charge in [-0.15, -0.1) is 0 Å². The Morgan fingerprint density at radius 1 is 1.39 bits per heavy atom. The van der Waals surface area contributed by atoms with Crippen molar-refractivity contribution < 1.29 is 9.84 Å². The van der Waals surface area contributed by atoms with Crippen LogP contribution in [0.2, 0.25) is 0 Å². The van der Waals surface area contributed by atoms with Crippen molar-refractivity contribution in [2.75, 3.05) is 39.5 Å². The van der Waals surface area contributed by atoms with Gasteiger partial charge in [-0.25, -0.2) is 0 Å². The topological polar surface area (TPSA) is 44.7 Å². The minimum Gasteiger partial charge on any atom is -0.394 e. The lowest BCUT2D eigenvalue weighted by Gasteiger charge is -2.31. The van der Waals surface area contributed by atoms with Gasteiger partial charge < -0.3 is 15.2 Å². The van der Waals surface area contributed by atoms with E-state index in [9.17, 15) is 5.11 Å². The maximum absolute atomic E-state index is 9.71. The normalized spacial score (nSPS) is 34.7. The van der Waals surface area contributed by atoms with Gasteiger partial charge in [-0.05, 0) is 38.6 Å². The third-order valence-electron chi connectivity index (χ3n) is 4.41. The summed E-state index contributed by atoms with van der Waals surface area (Å²) in [4.78, 5) is 2.57. The Morgan fingerprint density at radius 3 is 3.06 bits per heavy atom. The maximum Gasteiger partial charge on any atom is 0.0613 e. The first-order valence-electron chi connectivity index (χ1n) is 7.47. The molecular weight excluding hydrogens is 228 g/mol. The van der Waals surface area contributed by atoms with Crippen LogP contribution in [-0.4, -0.2) is 61.0 Å². The van der Waals surface area contributed by atoms with E-state index in [0.717, 1.165) is 58.5 Å². The Kier molecular flexibility index (Phi) is 5.42. The first-order valence-corrected chi connectivity index (χ1v) is 7.47. The third kappa shape index (κ3) is 3.44. The number of hydrogen-bond donors (Lipinski definition) is 2. The zero-order chi connectivity index (χ0) is 12.8. The summed E-state index contributed by atoms with van der Waals surface area (Å²) >= 11 is 0. The van der Waals surface area contributed by atoms with Crippen molar-refractivity contribution in [2.45, 2.75) is 50.6 Å². The van der Waals surface area contributed by atoms with Gasteiger partial charge in [0.15, 0.2) is 0 Å². The molecule has 4 heteroatoms. The molecular formula is C14H28N2O2. The molecule has 2 fully saturated rings. The van der Waals surface area contributed by atoms with Gasteiger partial charge in [0, 0.05) is 31.3 Å². The second-order valence-electron chi connectivity index (χ2n) is 5.76. The predicted octanol–water partition coefficient (Wildman–Crippen LogP) is 0.992. The summed E-state index contributed by atoms with van der Waals surface area (Å²) < 4.78 is 5.52. The standard InChI is InChI=1S/C14H28N2O2/c1-2-6-15-14(12-17)5-4-13(11-14)16-7-3-9-18-10-8-16/h13,15,17H,2-12H2,1H3. The Morgan fingerprint density at radius 2 is 2.28 bits per heavy atom. The minimum absolute atomic E-state index is 0.0200. The molecule has 4 nitrogen and oxygen atoms in total. The van der Waals surface area contributed by atoms with Gasteiger partial charge in [0.05, 0.1) is 13.2 Å². The zero-order valence-electron chi connectivity index (χ0n) is 11.7. The van der Waals surface area contributed by atoms with Crippen LogP contribution >= 0.6 is 0 Å². The fourth-order valence-corrected chi connectivity index (χ4v) is 3.29. The van der Waals surface area contributed by atoms with Gasteiger partial charge in [-0.1, -0.05) is 6.92 Å². The van der Waals surface area contributed by atoms with E-state index in [2.05, 4.69) is 17.1 Å². The van der Waals surface area contributed by atoms with Crippen molar-refractivity contribution in [2.24, 2.45) is 0 Å². The molecule has 2 unspecified atom stereocenters. The number of aliphatic hydroxyl groups is 1. The van der Waals surface area contributed by atoms with Gasteiger partial charge in [-0.3, -0.25) is 4.90 Å². The van der Waals surface area contributed by atoms with Crippen molar-refractivity contribution in [3.8, 4) is 0 Å². The van der Waals surface area contributed by atoms with Crippen LogP contribution in [0.25, 0.3) is 0 Å². The first-order chi connectivity index (χ1) is 8.79. The van der Waals surface area contributed by atoms with Crippen molar-refractivity contribution in [3.63, 3.8) is 0 Å². The zero-order valence-corrected chi connectivity index (χ0v) is 11.7. The Hall–Kier alpha value is -0.160. The van der Waals surface area contributed by atoms with E-state index in [-0.39, 0.29) is 12.1 Å². The molecule has 0 aromatic rings. The second-order valence-corrected chi connectivity index (χ2v) is 5.76. The summed E-state index contributed by atoms with van der Waals surface area (Å²) in [7, 11) is 0. The first kappa shape index (κ1) is 14.3. The molecule has 106 valence electrons. The summed E-state index contributed by atoms with van der Waals surface area (Å²) in [5.41, 5.74) is -0.0200. The molecule has 0 bridgehead atoms. The smallest absolute Gasteiger partial charge is 0.0613 e. The van der Waals surface area contributed by atoms with Crippen LogP contribution in [0.3, 0.4) is 0 Å². The molecule has 0 aromatic carbocycles. The van der Waals surface area contributed by atoms with Gasteiger partial charge in [-0.2, -0.15) is 0 Å². The largest absolute Gasteiger partial charge is 0.394 e. The van der Waals surface area contributed by atoms with Crippen molar-refractivity contribution in [3.05, 3.63) is 0 Å². The van der Waals surface area contributed by atoms with Crippen LogP contribution in [-0.2, 0) is 4.74 Å². The van der Waals surface area contributed by atoms with Crippen molar-refractivity contribution in [1.82, 2.24) is 10.2 Å². The van der Waals surface area contributed by atoms with E-state index in [0.29, 0.717) is 6.04 Å². The monoisotopic (exact) mass is 256 g/mol. The van der Waals surface area contributed by atoms with E-state index in [1.165, 1.54) is 6.42 Å². The summed E-state index contributed by atoms with van der Waals surface area (Å²) in [5, 5.41) is 13.3. The molecule has 0 amide bonds. The molecule has 1 aliphatic heterocycles. The highest BCUT2D eigenvalue weighted by atomic mass is 16.5. The van der Waals surface area contributed by atoms with Gasteiger partial charge in [0.2, 0.25) is 0 Å². The molecule has 1 heterocycles. The Balaban J connectivity index is 1.88. The second kappa shape index (κ2) is 6.85. The molecule has 1 saturated carbocycles. The minimum atomic E-state index is -0.0200. The molecule has 1 aliphatic carbocycles.